The average Bonchev–Trinajstić information content (AvgIpc) is 3.63. The van der Waals surface area contributed by atoms with Crippen LogP contribution in [0.2, 0.25) is 0 Å². The van der Waals surface area contributed by atoms with E-state index in [4.69, 9.17) is 28.1 Å². The summed E-state index contributed by atoms with van der Waals surface area (Å²) >= 11 is 0. The minimum absolute atomic E-state index is 0.121. The van der Waals surface area contributed by atoms with Crippen LogP contribution < -0.4 is 0 Å². The highest BCUT2D eigenvalue weighted by Crippen LogP contribution is 2.37. The molecule has 204 valence electrons. The van der Waals surface area contributed by atoms with Gasteiger partial charge in [-0.1, -0.05) is 60.2 Å². The summed E-state index contributed by atoms with van der Waals surface area (Å²) in [6.07, 6.45) is 0.0875. The Morgan fingerprint density at radius 2 is 1.58 bits per heavy atom. The van der Waals surface area contributed by atoms with Gasteiger partial charge >= 0.3 is 0 Å². The fraction of sp³-hybridized carbons (Fsp3) is 0.484. The van der Waals surface area contributed by atoms with E-state index in [9.17, 15) is 5.11 Å². The first-order valence-electron chi connectivity index (χ1n) is 13.4. The highest BCUT2D eigenvalue weighted by Gasteiger charge is 2.49. The second-order valence-corrected chi connectivity index (χ2v) is 10.7. The molecule has 1 N–H and O–H groups in total. The van der Waals surface area contributed by atoms with Crippen LogP contribution in [0.4, 0.5) is 0 Å². The summed E-state index contributed by atoms with van der Waals surface area (Å²) in [4.78, 5) is 0. The Balaban J connectivity index is 1.36. The zero-order chi connectivity index (χ0) is 26.5. The number of hydrogen-bond acceptors (Lipinski definition) is 7. The van der Waals surface area contributed by atoms with Gasteiger partial charge in [-0.25, -0.2) is 0 Å². The maximum absolute atomic E-state index is 10.9. The molecule has 0 spiro atoms. The van der Waals surface area contributed by atoms with Gasteiger partial charge in [0.2, 0.25) is 0 Å². The molecule has 2 fully saturated rings. The van der Waals surface area contributed by atoms with Crippen LogP contribution in [0, 0.1) is 6.92 Å². The van der Waals surface area contributed by atoms with E-state index in [0.717, 1.165) is 11.1 Å². The van der Waals surface area contributed by atoms with E-state index in [1.165, 1.54) is 5.56 Å². The van der Waals surface area contributed by atoms with E-state index in [1.807, 2.05) is 44.2 Å². The van der Waals surface area contributed by atoms with E-state index in [2.05, 4.69) is 31.2 Å². The van der Waals surface area contributed by atoms with Crippen LogP contribution in [0.1, 0.15) is 55.2 Å². The molecular formula is C31H38O7. The van der Waals surface area contributed by atoms with Gasteiger partial charge in [-0.05, 0) is 44.0 Å². The molecule has 38 heavy (non-hydrogen) atoms. The number of aliphatic hydroxyl groups is 1. The molecule has 0 amide bonds. The molecule has 1 aromatic heterocycles. The van der Waals surface area contributed by atoms with Crippen molar-refractivity contribution in [3.8, 4) is 0 Å². The zero-order valence-corrected chi connectivity index (χ0v) is 22.3. The van der Waals surface area contributed by atoms with Gasteiger partial charge < -0.3 is 33.2 Å². The molecule has 2 aromatic carbocycles. The molecule has 0 saturated carbocycles. The fourth-order valence-electron chi connectivity index (χ4n) is 5.19. The second kappa shape index (κ2) is 12.1. The van der Waals surface area contributed by atoms with Crippen molar-refractivity contribution in [1.82, 2.24) is 0 Å². The van der Waals surface area contributed by atoms with Gasteiger partial charge in [-0.3, -0.25) is 0 Å². The van der Waals surface area contributed by atoms with Gasteiger partial charge in [-0.2, -0.15) is 0 Å². The molecule has 2 aliphatic rings. The topological polar surface area (TPSA) is 79.5 Å². The van der Waals surface area contributed by atoms with Crippen LogP contribution in [0.25, 0.3) is 0 Å². The van der Waals surface area contributed by atoms with E-state index in [0.29, 0.717) is 38.4 Å². The Labute approximate surface area is 224 Å². The maximum atomic E-state index is 10.9. The largest absolute Gasteiger partial charge is 0.467 e. The average molecular weight is 523 g/mol. The molecule has 0 aliphatic carbocycles. The molecule has 6 atom stereocenters. The van der Waals surface area contributed by atoms with Crippen LogP contribution in [-0.4, -0.2) is 48.0 Å². The summed E-state index contributed by atoms with van der Waals surface area (Å²) in [6, 6.07) is 21.9. The third-order valence-electron chi connectivity index (χ3n) is 7.14. The molecule has 2 aliphatic heterocycles. The van der Waals surface area contributed by atoms with E-state index in [1.54, 1.807) is 18.4 Å². The predicted molar refractivity (Wildman–Crippen MR) is 141 cm³/mol. The van der Waals surface area contributed by atoms with Gasteiger partial charge in [0.1, 0.15) is 24.1 Å². The van der Waals surface area contributed by atoms with Gasteiger partial charge in [0, 0.05) is 12.8 Å². The number of hydrogen-bond donors (Lipinski definition) is 1. The lowest BCUT2D eigenvalue weighted by atomic mass is 9.99. The molecule has 5 rings (SSSR count). The summed E-state index contributed by atoms with van der Waals surface area (Å²) in [5, 5.41) is 10.9. The number of benzene rings is 2. The Hall–Kier alpha value is -2.52. The first-order chi connectivity index (χ1) is 18.4. The Morgan fingerprint density at radius 1 is 0.895 bits per heavy atom. The van der Waals surface area contributed by atoms with Crippen molar-refractivity contribution in [2.45, 2.75) is 89.2 Å². The molecule has 2 saturated heterocycles. The van der Waals surface area contributed by atoms with Crippen molar-refractivity contribution in [2.24, 2.45) is 0 Å². The number of ether oxygens (including phenoxy) is 5. The van der Waals surface area contributed by atoms with Gasteiger partial charge in [-0.15, -0.1) is 0 Å². The molecule has 0 bridgehead atoms. The maximum Gasteiger partial charge on any atom is 0.163 e. The van der Waals surface area contributed by atoms with Crippen LogP contribution in [0.15, 0.2) is 77.4 Å². The van der Waals surface area contributed by atoms with Crippen LogP contribution in [0.3, 0.4) is 0 Å². The Bertz CT molecular complexity index is 1110. The summed E-state index contributed by atoms with van der Waals surface area (Å²) < 4.78 is 37.0. The molecule has 3 aromatic rings. The van der Waals surface area contributed by atoms with E-state index >= 15 is 0 Å². The van der Waals surface area contributed by atoms with Crippen molar-refractivity contribution in [2.75, 3.05) is 6.61 Å². The minimum atomic E-state index is -0.820. The SMILES string of the molecule is Cc1ccc(CO[C@@H]2[C@@H](OCc3ccccc3)[C@@H](C[C@@H]3COC(C)(C)O3)O[C@H]2CC(O)c2ccco2)cc1. The standard InChI is InChI=1S/C31H38O7/c1-21-11-13-23(14-12-21)19-35-30-28(17-25(32)26-10-7-15-33-26)37-27(16-24-20-36-31(2,3)38-24)29(30)34-18-22-8-5-4-6-9-22/h4-15,24-25,27-30,32H,16-20H2,1-3H3/t24-,25?,27-,28+,29+,30+/m1/s1. The lowest BCUT2D eigenvalue weighted by Gasteiger charge is -2.26. The van der Waals surface area contributed by atoms with Crippen LogP contribution in [-0.2, 0) is 36.9 Å². The minimum Gasteiger partial charge on any atom is -0.467 e. The molecular weight excluding hydrogens is 484 g/mol. The highest BCUT2D eigenvalue weighted by molar-refractivity contribution is 5.20. The third kappa shape index (κ3) is 6.91. The van der Waals surface area contributed by atoms with Crippen molar-refractivity contribution in [3.63, 3.8) is 0 Å². The third-order valence-corrected chi connectivity index (χ3v) is 7.14. The van der Waals surface area contributed by atoms with Crippen LogP contribution >= 0.6 is 0 Å². The van der Waals surface area contributed by atoms with E-state index < -0.39 is 24.1 Å². The lowest BCUT2D eigenvalue weighted by molar-refractivity contribution is -0.145. The fourth-order valence-corrected chi connectivity index (χ4v) is 5.19. The molecule has 1 unspecified atom stereocenters. The van der Waals surface area contributed by atoms with E-state index in [-0.39, 0.29) is 18.3 Å². The van der Waals surface area contributed by atoms with Crippen molar-refractivity contribution < 1.29 is 33.2 Å². The number of rotatable bonds is 11. The number of aliphatic hydroxyl groups excluding tert-OH is 1. The quantitative estimate of drug-likeness (QED) is 0.357. The number of aryl methyl sites for hydroxylation is 1. The lowest BCUT2D eigenvalue weighted by Crippen LogP contribution is -2.39. The molecule has 3 heterocycles. The monoisotopic (exact) mass is 522 g/mol. The predicted octanol–water partition coefficient (Wildman–Crippen LogP) is 5.49. The molecule has 7 nitrogen and oxygen atoms in total. The van der Waals surface area contributed by atoms with Crippen molar-refractivity contribution in [1.29, 1.82) is 0 Å². The summed E-state index contributed by atoms with van der Waals surface area (Å²) in [5.41, 5.74) is 3.34. The summed E-state index contributed by atoms with van der Waals surface area (Å²) in [7, 11) is 0. The highest BCUT2D eigenvalue weighted by atomic mass is 16.7. The van der Waals surface area contributed by atoms with Crippen molar-refractivity contribution >= 4 is 0 Å². The van der Waals surface area contributed by atoms with Gasteiger partial charge in [0.25, 0.3) is 0 Å². The summed E-state index contributed by atoms with van der Waals surface area (Å²) in [6.45, 7) is 7.23. The zero-order valence-electron chi connectivity index (χ0n) is 22.3. The number of furan rings is 1. The Kier molecular flexibility index (Phi) is 8.63. The molecule has 0 radical (unpaired) electrons. The first kappa shape index (κ1) is 27.1. The van der Waals surface area contributed by atoms with Gasteiger partial charge in [0.15, 0.2) is 5.79 Å². The van der Waals surface area contributed by atoms with Crippen LogP contribution in [0.5, 0.6) is 0 Å². The summed E-state index contributed by atoms with van der Waals surface area (Å²) in [5.74, 6) is -0.120. The smallest absolute Gasteiger partial charge is 0.163 e. The second-order valence-electron chi connectivity index (χ2n) is 10.7. The molecule has 7 heteroatoms. The van der Waals surface area contributed by atoms with Crippen molar-refractivity contribution in [3.05, 3.63) is 95.4 Å². The Morgan fingerprint density at radius 3 is 2.21 bits per heavy atom. The first-order valence-corrected chi connectivity index (χ1v) is 13.4. The van der Waals surface area contributed by atoms with Gasteiger partial charge in [0.05, 0.1) is 44.4 Å². The normalized spacial score (nSPS) is 27.5.